The molecule has 0 heterocycles. The van der Waals surface area contributed by atoms with Crippen LogP contribution in [0.2, 0.25) is 0 Å². The molecule has 0 radical (unpaired) electrons. The van der Waals surface area contributed by atoms with Crippen molar-refractivity contribution in [1.82, 2.24) is 20.7 Å². The lowest BCUT2D eigenvalue weighted by atomic mass is 9.86. The summed E-state index contributed by atoms with van der Waals surface area (Å²) in [6.07, 6.45) is 4.34. The quantitative estimate of drug-likeness (QED) is 0.171. The molecule has 11 heteroatoms. The number of rotatable bonds is 11. The Hall–Kier alpha value is -0.820. The molecule has 1 rings (SSSR count). The van der Waals surface area contributed by atoms with E-state index in [4.69, 9.17) is 4.74 Å². The summed E-state index contributed by atoms with van der Waals surface area (Å²) in [7, 11) is -1.69. The number of guanidine groups is 1. The molecule has 0 spiro atoms. The van der Waals surface area contributed by atoms with Crippen LogP contribution in [-0.2, 0) is 14.8 Å². The standard InChI is InChI=1S/C20H41N5O4S.HI/c1-7-20(8-2,25-18(26)29-19(3,4)5)15-23-17(21-6)22-12-13-30(27,28)24-14-16-10-9-11-16;/h16,24H,7-15H2,1-6H3,(H,25,26)(H2,21,22,23);1H. The molecule has 0 aromatic rings. The molecular formula is C20H42IN5O4S. The molecule has 31 heavy (non-hydrogen) atoms. The number of amides is 1. The second-order valence-corrected chi connectivity index (χ2v) is 10.9. The maximum absolute atomic E-state index is 12.2. The molecule has 0 aromatic carbocycles. The van der Waals surface area contributed by atoms with Crippen molar-refractivity contribution in [1.29, 1.82) is 0 Å². The largest absolute Gasteiger partial charge is 0.444 e. The molecule has 1 aliphatic carbocycles. The molecule has 0 bridgehead atoms. The van der Waals surface area contributed by atoms with E-state index in [0.29, 0.717) is 37.8 Å². The Balaban J connectivity index is 0.00000900. The van der Waals surface area contributed by atoms with Crippen LogP contribution in [0.25, 0.3) is 0 Å². The second kappa shape index (κ2) is 13.7. The number of nitrogens with one attached hydrogen (secondary N) is 4. The monoisotopic (exact) mass is 575 g/mol. The van der Waals surface area contributed by atoms with Gasteiger partial charge in [0, 0.05) is 26.7 Å². The molecule has 1 saturated carbocycles. The maximum atomic E-state index is 12.2. The number of carbonyl (C=O) groups excluding carboxylic acids is 1. The minimum absolute atomic E-state index is 0. The first kappa shape index (κ1) is 30.2. The predicted octanol–water partition coefficient (Wildman–Crippen LogP) is 2.57. The average Bonchev–Trinajstić information content (AvgIpc) is 2.60. The number of hydrogen-bond acceptors (Lipinski definition) is 5. The summed E-state index contributed by atoms with van der Waals surface area (Å²) in [5, 5.41) is 9.19. The van der Waals surface area contributed by atoms with E-state index in [1.165, 1.54) is 6.42 Å². The highest BCUT2D eigenvalue weighted by atomic mass is 127. The van der Waals surface area contributed by atoms with E-state index in [1.807, 2.05) is 34.6 Å². The molecule has 1 aliphatic rings. The van der Waals surface area contributed by atoms with Crippen molar-refractivity contribution in [2.45, 2.75) is 77.9 Å². The van der Waals surface area contributed by atoms with Crippen LogP contribution in [0.3, 0.4) is 0 Å². The Bertz CT molecular complexity index is 672. The fourth-order valence-electron chi connectivity index (χ4n) is 3.03. The first-order valence-corrected chi connectivity index (χ1v) is 12.5. The van der Waals surface area contributed by atoms with Gasteiger partial charge in [-0.15, -0.1) is 24.0 Å². The van der Waals surface area contributed by atoms with Crippen LogP contribution in [0.1, 0.15) is 66.7 Å². The highest BCUT2D eigenvalue weighted by molar-refractivity contribution is 14.0. The molecule has 0 aliphatic heterocycles. The number of alkyl carbamates (subject to hydrolysis) is 1. The summed E-state index contributed by atoms with van der Waals surface area (Å²) >= 11 is 0. The summed E-state index contributed by atoms with van der Waals surface area (Å²) in [4.78, 5) is 16.4. The van der Waals surface area contributed by atoms with Crippen molar-refractivity contribution < 1.29 is 17.9 Å². The van der Waals surface area contributed by atoms with E-state index in [0.717, 1.165) is 12.8 Å². The van der Waals surface area contributed by atoms with Crippen LogP contribution in [0, 0.1) is 5.92 Å². The van der Waals surface area contributed by atoms with E-state index in [9.17, 15) is 13.2 Å². The molecule has 1 amide bonds. The van der Waals surface area contributed by atoms with Gasteiger partial charge in [-0.25, -0.2) is 17.9 Å². The highest BCUT2D eigenvalue weighted by Gasteiger charge is 2.30. The lowest BCUT2D eigenvalue weighted by Crippen LogP contribution is -2.57. The molecule has 1 fully saturated rings. The van der Waals surface area contributed by atoms with Crippen molar-refractivity contribution in [2.75, 3.05) is 32.4 Å². The molecule has 4 N–H and O–H groups in total. The Morgan fingerprint density at radius 3 is 2.19 bits per heavy atom. The van der Waals surface area contributed by atoms with Gasteiger partial charge in [0.05, 0.1) is 11.3 Å². The Kier molecular flexibility index (Phi) is 13.3. The number of carbonyl (C=O) groups is 1. The van der Waals surface area contributed by atoms with Gasteiger partial charge in [-0.2, -0.15) is 0 Å². The highest BCUT2D eigenvalue weighted by Crippen LogP contribution is 2.25. The zero-order valence-electron chi connectivity index (χ0n) is 19.8. The topological polar surface area (TPSA) is 121 Å². The van der Waals surface area contributed by atoms with Gasteiger partial charge in [-0.1, -0.05) is 20.3 Å². The Morgan fingerprint density at radius 1 is 1.13 bits per heavy atom. The predicted molar refractivity (Wildman–Crippen MR) is 137 cm³/mol. The second-order valence-electron chi connectivity index (χ2n) is 8.93. The minimum Gasteiger partial charge on any atom is -0.444 e. The van der Waals surface area contributed by atoms with Gasteiger partial charge in [0.15, 0.2) is 5.96 Å². The first-order chi connectivity index (χ1) is 13.9. The number of aliphatic imine (C=N–C) groups is 1. The van der Waals surface area contributed by atoms with Crippen molar-refractivity contribution >= 4 is 46.1 Å². The third-order valence-electron chi connectivity index (χ3n) is 5.42. The number of halogens is 1. The fourth-order valence-corrected chi connectivity index (χ4v) is 4.04. The summed E-state index contributed by atoms with van der Waals surface area (Å²) < 4.78 is 32.3. The van der Waals surface area contributed by atoms with Crippen LogP contribution in [0.5, 0.6) is 0 Å². The van der Waals surface area contributed by atoms with Gasteiger partial charge < -0.3 is 20.7 Å². The van der Waals surface area contributed by atoms with Crippen molar-refractivity contribution in [2.24, 2.45) is 10.9 Å². The van der Waals surface area contributed by atoms with Crippen LogP contribution < -0.4 is 20.7 Å². The fraction of sp³-hybridized carbons (Fsp3) is 0.900. The first-order valence-electron chi connectivity index (χ1n) is 10.9. The third kappa shape index (κ3) is 12.1. The van der Waals surface area contributed by atoms with Crippen molar-refractivity contribution in [3.8, 4) is 0 Å². The smallest absolute Gasteiger partial charge is 0.408 e. The molecular weight excluding hydrogens is 533 g/mol. The SMILES string of the molecule is CCC(CC)(CNC(=NC)NCCS(=O)(=O)NCC1CCC1)NC(=O)OC(C)(C)C.I. The van der Waals surface area contributed by atoms with Crippen LogP contribution in [-0.4, -0.2) is 64.0 Å². The number of hydrogen-bond donors (Lipinski definition) is 4. The van der Waals surface area contributed by atoms with Crippen molar-refractivity contribution in [3.63, 3.8) is 0 Å². The summed E-state index contributed by atoms with van der Waals surface area (Å²) in [6, 6.07) is 0. The molecule has 0 saturated heterocycles. The molecule has 184 valence electrons. The van der Waals surface area contributed by atoms with Gasteiger partial charge in [0.2, 0.25) is 10.0 Å². The van der Waals surface area contributed by atoms with E-state index in [-0.39, 0.29) is 36.3 Å². The summed E-state index contributed by atoms with van der Waals surface area (Å²) in [5.41, 5.74) is -1.07. The zero-order valence-corrected chi connectivity index (χ0v) is 23.0. The van der Waals surface area contributed by atoms with E-state index >= 15 is 0 Å². The van der Waals surface area contributed by atoms with Crippen molar-refractivity contribution in [3.05, 3.63) is 0 Å². The minimum atomic E-state index is -3.31. The normalized spacial score (nSPS) is 15.5. The zero-order chi connectivity index (χ0) is 22.8. The Morgan fingerprint density at radius 2 is 1.74 bits per heavy atom. The molecule has 0 atom stereocenters. The van der Waals surface area contributed by atoms with Gasteiger partial charge >= 0.3 is 6.09 Å². The van der Waals surface area contributed by atoms with Gasteiger partial charge in [-0.05, 0) is 52.4 Å². The van der Waals surface area contributed by atoms with Gasteiger partial charge in [0.1, 0.15) is 5.60 Å². The van der Waals surface area contributed by atoms with Crippen LogP contribution in [0.4, 0.5) is 4.79 Å². The molecule has 9 nitrogen and oxygen atoms in total. The van der Waals surface area contributed by atoms with Crippen LogP contribution in [0.15, 0.2) is 4.99 Å². The Labute approximate surface area is 205 Å². The van der Waals surface area contributed by atoms with Gasteiger partial charge in [0.25, 0.3) is 0 Å². The summed E-state index contributed by atoms with van der Waals surface area (Å²) in [6.45, 7) is 10.7. The lowest BCUT2D eigenvalue weighted by Gasteiger charge is -2.34. The number of sulfonamides is 1. The maximum Gasteiger partial charge on any atom is 0.408 e. The van der Waals surface area contributed by atoms with Gasteiger partial charge in [-0.3, -0.25) is 4.99 Å². The summed E-state index contributed by atoms with van der Waals surface area (Å²) in [5.74, 6) is 0.945. The average molecular weight is 576 g/mol. The number of ether oxygens (including phenoxy) is 1. The lowest BCUT2D eigenvalue weighted by molar-refractivity contribution is 0.0448. The molecule has 0 aromatic heterocycles. The molecule has 0 unspecified atom stereocenters. The van der Waals surface area contributed by atoms with E-state index < -0.39 is 27.3 Å². The number of nitrogens with zero attached hydrogens (tertiary/aromatic N) is 1. The van der Waals surface area contributed by atoms with E-state index in [2.05, 4.69) is 25.7 Å². The van der Waals surface area contributed by atoms with E-state index in [1.54, 1.807) is 7.05 Å². The third-order valence-corrected chi connectivity index (χ3v) is 6.77. The van der Waals surface area contributed by atoms with Crippen LogP contribution >= 0.6 is 24.0 Å².